The summed E-state index contributed by atoms with van der Waals surface area (Å²) in [5, 5.41) is 25.1. The predicted molar refractivity (Wildman–Crippen MR) is 94.7 cm³/mol. The summed E-state index contributed by atoms with van der Waals surface area (Å²) >= 11 is 1.60. The molecule has 0 spiro atoms. The average molecular weight is 390 g/mol. The molecule has 0 aliphatic heterocycles. The van der Waals surface area contributed by atoms with Gasteiger partial charge in [-0.3, -0.25) is 14.4 Å². The number of nitrogens with two attached hydrogens (primary N) is 3. The van der Waals surface area contributed by atoms with Gasteiger partial charge < -0.3 is 32.5 Å². The van der Waals surface area contributed by atoms with Gasteiger partial charge in [0.1, 0.15) is 18.1 Å². The van der Waals surface area contributed by atoms with Gasteiger partial charge in [-0.1, -0.05) is 21.6 Å². The van der Waals surface area contributed by atoms with Crippen LogP contribution < -0.4 is 17.2 Å². The van der Waals surface area contributed by atoms with Crippen LogP contribution in [0.3, 0.4) is 0 Å². The Morgan fingerprint density at radius 3 is 1.43 bits per heavy atom. The molecule has 0 aromatic carbocycles. The lowest BCUT2D eigenvalue weighted by molar-refractivity contribution is -0.139. The molecule has 9 nitrogen and oxygen atoms in total. The fourth-order valence-corrected chi connectivity index (χ4v) is 3.47. The fourth-order valence-electron chi connectivity index (χ4n) is 0.754. The molecular formula is C11H23N3O6S3. The van der Waals surface area contributed by atoms with Crippen LogP contribution in [-0.2, 0) is 14.4 Å². The lowest BCUT2D eigenvalue weighted by Gasteiger charge is -2.07. The lowest BCUT2D eigenvalue weighted by Crippen LogP contribution is -2.33. The minimum Gasteiger partial charge on any atom is -0.480 e. The molecular weight excluding hydrogens is 366 g/mol. The summed E-state index contributed by atoms with van der Waals surface area (Å²) < 4.78 is 0. The highest BCUT2D eigenvalue weighted by molar-refractivity contribution is 8.76. The minimum absolute atomic E-state index is 0.229. The van der Waals surface area contributed by atoms with Crippen molar-refractivity contribution in [3.8, 4) is 0 Å². The number of carboxylic acids is 3. The van der Waals surface area contributed by atoms with Crippen molar-refractivity contribution in [1.29, 1.82) is 0 Å². The quantitative estimate of drug-likeness (QED) is 0.193. The van der Waals surface area contributed by atoms with Gasteiger partial charge in [0.15, 0.2) is 0 Å². The van der Waals surface area contributed by atoms with Crippen LogP contribution in [0.15, 0.2) is 0 Å². The van der Waals surface area contributed by atoms with Crippen LogP contribution in [-0.4, -0.2) is 74.9 Å². The maximum atomic E-state index is 10.3. The van der Waals surface area contributed by atoms with Gasteiger partial charge in [-0.15, -0.1) is 0 Å². The second kappa shape index (κ2) is 14.9. The van der Waals surface area contributed by atoms with Crippen molar-refractivity contribution in [2.45, 2.75) is 24.5 Å². The molecule has 0 aromatic heterocycles. The van der Waals surface area contributed by atoms with E-state index < -0.39 is 36.0 Å². The van der Waals surface area contributed by atoms with Gasteiger partial charge in [0.25, 0.3) is 0 Å². The average Bonchev–Trinajstić information content (AvgIpc) is 2.48. The molecule has 0 aromatic rings. The highest BCUT2D eigenvalue weighted by Crippen LogP contribution is 2.22. The van der Waals surface area contributed by atoms with E-state index in [0.29, 0.717) is 6.42 Å². The van der Waals surface area contributed by atoms with E-state index >= 15 is 0 Å². The van der Waals surface area contributed by atoms with Gasteiger partial charge >= 0.3 is 17.9 Å². The molecule has 9 N–H and O–H groups in total. The Morgan fingerprint density at radius 1 is 0.826 bits per heavy atom. The summed E-state index contributed by atoms with van der Waals surface area (Å²) in [7, 11) is 2.41. The summed E-state index contributed by atoms with van der Waals surface area (Å²) in [6, 6.07) is -2.53. The largest absolute Gasteiger partial charge is 0.480 e. The van der Waals surface area contributed by atoms with Crippen LogP contribution in [0.5, 0.6) is 0 Å². The van der Waals surface area contributed by atoms with Crippen molar-refractivity contribution in [3.63, 3.8) is 0 Å². The Balaban J connectivity index is 0. The van der Waals surface area contributed by atoms with Gasteiger partial charge in [0.2, 0.25) is 0 Å². The first-order valence-electron chi connectivity index (χ1n) is 6.31. The number of thioether (sulfide) groups is 1. The molecule has 0 heterocycles. The molecule has 0 saturated carbocycles. The molecule has 0 aliphatic carbocycles. The summed E-state index contributed by atoms with van der Waals surface area (Å²) in [5.41, 5.74) is 15.6. The van der Waals surface area contributed by atoms with Crippen molar-refractivity contribution in [1.82, 2.24) is 0 Å². The minimum atomic E-state index is -1.07. The smallest absolute Gasteiger partial charge is 0.321 e. The summed E-state index contributed by atoms with van der Waals surface area (Å²) in [6.45, 7) is 0. The molecule has 12 heteroatoms. The molecule has 23 heavy (non-hydrogen) atoms. The van der Waals surface area contributed by atoms with Crippen molar-refractivity contribution < 1.29 is 29.7 Å². The number of rotatable bonds is 11. The first kappa shape index (κ1) is 24.6. The van der Waals surface area contributed by atoms with Crippen LogP contribution in [0.2, 0.25) is 0 Å². The maximum absolute atomic E-state index is 10.3. The van der Waals surface area contributed by atoms with Crippen LogP contribution in [0.1, 0.15) is 6.42 Å². The highest BCUT2D eigenvalue weighted by Gasteiger charge is 2.14. The molecule has 0 saturated heterocycles. The molecule has 0 amide bonds. The predicted octanol–water partition coefficient (Wildman–Crippen LogP) is -0.657. The van der Waals surface area contributed by atoms with E-state index in [1.165, 1.54) is 21.6 Å². The number of aliphatic carboxylic acids is 3. The first-order chi connectivity index (χ1) is 10.6. The van der Waals surface area contributed by atoms with E-state index in [0.717, 1.165) is 5.75 Å². The number of hydrogen-bond donors (Lipinski definition) is 6. The molecule has 0 rings (SSSR count). The number of carboxylic acid groups (broad SMARTS) is 3. The third kappa shape index (κ3) is 16.0. The van der Waals surface area contributed by atoms with Gasteiger partial charge in [-0.05, 0) is 18.4 Å². The van der Waals surface area contributed by atoms with Crippen molar-refractivity contribution in [2.75, 3.05) is 23.5 Å². The van der Waals surface area contributed by atoms with Gasteiger partial charge in [-0.2, -0.15) is 11.8 Å². The Hall–Kier alpha value is -0.660. The molecule has 3 atom stereocenters. The van der Waals surface area contributed by atoms with Gasteiger partial charge in [-0.25, -0.2) is 0 Å². The fraction of sp³-hybridized carbons (Fsp3) is 0.727. The zero-order chi connectivity index (χ0) is 18.4. The Kier molecular flexibility index (Phi) is 15.9. The van der Waals surface area contributed by atoms with Crippen molar-refractivity contribution >= 4 is 51.3 Å². The highest BCUT2D eigenvalue weighted by atomic mass is 33.1. The van der Waals surface area contributed by atoms with Crippen LogP contribution in [0.25, 0.3) is 0 Å². The second-order valence-corrected chi connectivity index (χ2v) is 7.72. The zero-order valence-electron chi connectivity index (χ0n) is 12.6. The van der Waals surface area contributed by atoms with E-state index in [2.05, 4.69) is 0 Å². The van der Waals surface area contributed by atoms with Gasteiger partial charge in [0, 0.05) is 11.5 Å². The van der Waals surface area contributed by atoms with E-state index in [-0.39, 0.29) is 11.5 Å². The standard InChI is InChI=1S/C6H12N2O4S2.C5H11NO2S/c7-3(5(9)10)1-13-14-2-4(8)6(11)12;1-9-3-2-4(6)5(7)8/h3-4H,1-2,7-8H2,(H,9,10)(H,11,12);4H,2-3,6H2,1H3,(H,7,8)/t3-,4-;4-/m00/s1. The number of hydrogen-bond acceptors (Lipinski definition) is 9. The van der Waals surface area contributed by atoms with Crippen molar-refractivity contribution in [2.24, 2.45) is 17.2 Å². The topological polar surface area (TPSA) is 190 Å². The van der Waals surface area contributed by atoms with Crippen LogP contribution >= 0.6 is 33.3 Å². The van der Waals surface area contributed by atoms with Gasteiger partial charge in [0.05, 0.1) is 0 Å². The molecule has 0 unspecified atom stereocenters. The van der Waals surface area contributed by atoms with Crippen LogP contribution in [0.4, 0.5) is 0 Å². The van der Waals surface area contributed by atoms with E-state index in [1.807, 2.05) is 6.26 Å². The Bertz CT molecular complexity index is 353. The molecule has 0 radical (unpaired) electrons. The molecule has 136 valence electrons. The van der Waals surface area contributed by atoms with E-state index in [1.54, 1.807) is 11.8 Å². The summed E-state index contributed by atoms with van der Waals surface area (Å²) in [6.07, 6.45) is 2.48. The molecule has 0 fully saturated rings. The normalized spacial score (nSPS) is 14.1. The summed E-state index contributed by atoms with van der Waals surface area (Å²) in [4.78, 5) is 30.6. The molecule has 0 aliphatic rings. The maximum Gasteiger partial charge on any atom is 0.321 e. The second-order valence-electron chi connectivity index (χ2n) is 4.18. The SMILES string of the molecule is CSCC[C@H](N)C(=O)O.N[C@@H](CSSC[C@H](N)C(=O)O)C(=O)O. The van der Waals surface area contributed by atoms with E-state index in [9.17, 15) is 14.4 Å². The molecule has 0 bridgehead atoms. The lowest BCUT2D eigenvalue weighted by atomic mass is 10.2. The number of carbonyl (C=O) groups is 3. The van der Waals surface area contributed by atoms with Crippen molar-refractivity contribution in [3.05, 3.63) is 0 Å². The third-order valence-corrected chi connectivity index (χ3v) is 5.28. The van der Waals surface area contributed by atoms with Crippen LogP contribution in [0, 0.1) is 0 Å². The monoisotopic (exact) mass is 389 g/mol. The Morgan fingerprint density at radius 2 is 1.17 bits per heavy atom. The van der Waals surface area contributed by atoms with E-state index in [4.69, 9.17) is 32.5 Å². The summed E-state index contributed by atoms with van der Waals surface area (Å²) in [5.74, 6) is -1.78. The third-order valence-electron chi connectivity index (χ3n) is 2.16. The Labute approximate surface area is 146 Å². The zero-order valence-corrected chi connectivity index (χ0v) is 15.0. The first-order valence-corrected chi connectivity index (χ1v) is 10.2.